The summed E-state index contributed by atoms with van der Waals surface area (Å²) in [5, 5.41) is 11.2. The highest BCUT2D eigenvalue weighted by molar-refractivity contribution is 7.89. The predicted molar refractivity (Wildman–Crippen MR) is 224 cm³/mol. The van der Waals surface area contributed by atoms with Gasteiger partial charge >= 0.3 is 11.9 Å². The Labute approximate surface area is 335 Å². The fourth-order valence-corrected chi connectivity index (χ4v) is 8.47. The predicted octanol–water partition coefficient (Wildman–Crippen LogP) is 12.4. The Hall–Kier alpha value is -2.53. The number of nitro benzene ring substituents is 1. The largest absolute Gasteiger partial charge is 0.462 e. The number of sulfonamides is 1. The van der Waals surface area contributed by atoms with Gasteiger partial charge in [-0.05, 0) is 76.3 Å². The van der Waals surface area contributed by atoms with Crippen LogP contribution in [0.15, 0.2) is 29.2 Å². The molecule has 1 aromatic carbocycles. The normalized spacial score (nSPS) is 11.8. The molecule has 318 valence electrons. The summed E-state index contributed by atoms with van der Waals surface area (Å²) in [6.07, 6.45) is 26.7. The molecule has 1 aromatic rings. The number of benzene rings is 1. The van der Waals surface area contributed by atoms with Crippen molar-refractivity contribution in [3.8, 4) is 0 Å². The van der Waals surface area contributed by atoms with E-state index in [-0.39, 0.29) is 73.5 Å². The van der Waals surface area contributed by atoms with Crippen LogP contribution in [0.1, 0.15) is 207 Å². The van der Waals surface area contributed by atoms with Crippen molar-refractivity contribution >= 4 is 27.6 Å². The van der Waals surface area contributed by atoms with Gasteiger partial charge in [-0.1, -0.05) is 130 Å². The zero-order valence-electron chi connectivity index (χ0n) is 35.2. The maximum atomic E-state index is 13.8. The van der Waals surface area contributed by atoms with Crippen LogP contribution in [0.2, 0.25) is 0 Å². The van der Waals surface area contributed by atoms with Crippen LogP contribution >= 0.6 is 0 Å². The quantitative estimate of drug-likeness (QED) is 0.0281. The van der Waals surface area contributed by atoms with E-state index >= 15 is 0 Å². The van der Waals surface area contributed by atoms with Crippen LogP contribution in [0, 0.1) is 10.1 Å². The van der Waals surface area contributed by atoms with E-state index < -0.39 is 14.9 Å². The number of carbonyl (C=O) groups is 2. The van der Waals surface area contributed by atoms with Crippen molar-refractivity contribution < 1.29 is 32.4 Å². The second-order valence-electron chi connectivity index (χ2n) is 15.4. The van der Waals surface area contributed by atoms with E-state index in [1.165, 1.54) is 106 Å². The summed E-state index contributed by atoms with van der Waals surface area (Å²) in [5.41, 5.74) is -0.202. The summed E-state index contributed by atoms with van der Waals surface area (Å²) in [4.78, 5) is 36.7. The molecule has 0 unspecified atom stereocenters. The number of hydrogen-bond donors (Lipinski definition) is 0. The minimum atomic E-state index is -4.06. The van der Waals surface area contributed by atoms with Gasteiger partial charge in [-0.2, -0.15) is 4.31 Å². The second kappa shape index (κ2) is 32.5. The van der Waals surface area contributed by atoms with E-state index in [1.54, 1.807) is 0 Å². The minimum Gasteiger partial charge on any atom is -0.462 e. The van der Waals surface area contributed by atoms with Gasteiger partial charge in [0, 0.05) is 38.1 Å². The molecular formula is C44H78N2O8S. The molecule has 0 saturated heterocycles. The van der Waals surface area contributed by atoms with Crippen LogP contribution in [0.5, 0.6) is 0 Å². The molecule has 0 amide bonds. The van der Waals surface area contributed by atoms with E-state index in [1.807, 2.05) is 0 Å². The van der Waals surface area contributed by atoms with E-state index in [0.29, 0.717) is 0 Å². The number of nitro groups is 1. The molecule has 0 atom stereocenters. The molecular weight excluding hydrogens is 717 g/mol. The fourth-order valence-electron chi connectivity index (χ4n) is 6.96. The maximum Gasteiger partial charge on any atom is 0.306 e. The molecule has 1 rings (SSSR count). The molecule has 11 heteroatoms. The third-order valence-corrected chi connectivity index (χ3v) is 12.3. The Kier molecular flexibility index (Phi) is 29.9. The lowest BCUT2D eigenvalue weighted by Gasteiger charge is -2.23. The number of rotatable bonds is 37. The van der Waals surface area contributed by atoms with Gasteiger partial charge < -0.3 is 9.47 Å². The van der Waals surface area contributed by atoms with E-state index in [2.05, 4.69) is 27.7 Å². The van der Waals surface area contributed by atoms with Crippen molar-refractivity contribution in [3.63, 3.8) is 0 Å². The van der Waals surface area contributed by atoms with Crippen LogP contribution in [0.3, 0.4) is 0 Å². The zero-order chi connectivity index (χ0) is 40.6. The molecule has 0 radical (unpaired) electrons. The Bertz CT molecular complexity index is 1160. The first-order valence-electron chi connectivity index (χ1n) is 22.2. The number of nitrogens with zero attached hydrogens (tertiary/aromatic N) is 2. The lowest BCUT2D eigenvalue weighted by molar-refractivity contribution is -0.384. The summed E-state index contributed by atoms with van der Waals surface area (Å²) >= 11 is 0. The number of non-ortho nitro benzene ring substituents is 1. The van der Waals surface area contributed by atoms with E-state index in [4.69, 9.17) is 9.47 Å². The van der Waals surface area contributed by atoms with Gasteiger partial charge in [-0.3, -0.25) is 19.7 Å². The van der Waals surface area contributed by atoms with Crippen LogP contribution in [-0.4, -0.2) is 54.9 Å². The first-order valence-corrected chi connectivity index (χ1v) is 23.7. The Morgan fingerprint density at radius 1 is 0.564 bits per heavy atom. The van der Waals surface area contributed by atoms with Crippen LogP contribution < -0.4 is 0 Å². The van der Waals surface area contributed by atoms with Gasteiger partial charge in [0.15, 0.2) is 0 Å². The molecule has 0 N–H and O–H groups in total. The summed E-state index contributed by atoms with van der Waals surface area (Å²) < 4.78 is 40.8. The standard InChI is InChI=1S/C44H78N2O8S/c1-5-9-13-17-21-27-40(28-22-18-14-10-6-2)53-43(47)31-25-37-45(55(51,52)42-35-33-39(34-36-42)46(49)50)38-26-32-44(48)54-41(29-23-19-15-11-7-3)30-24-20-16-12-8-4/h33-36,40-41H,5-32,37-38H2,1-4H3. The highest BCUT2D eigenvalue weighted by Crippen LogP contribution is 2.23. The molecule has 0 saturated carbocycles. The van der Waals surface area contributed by atoms with Gasteiger partial charge in [0.1, 0.15) is 12.2 Å². The number of hydrogen-bond acceptors (Lipinski definition) is 8. The number of esters is 2. The van der Waals surface area contributed by atoms with Gasteiger partial charge in [0.25, 0.3) is 5.69 Å². The number of ether oxygens (including phenoxy) is 2. The summed E-state index contributed by atoms with van der Waals surface area (Å²) in [6.45, 7) is 8.88. The molecule has 0 bridgehead atoms. The first-order chi connectivity index (χ1) is 26.6. The van der Waals surface area contributed by atoms with E-state index in [0.717, 1.165) is 77.0 Å². The Balaban J connectivity index is 2.91. The molecule has 0 fully saturated rings. The smallest absolute Gasteiger partial charge is 0.306 e. The van der Waals surface area contributed by atoms with Crippen molar-refractivity contribution in [2.24, 2.45) is 0 Å². The van der Waals surface area contributed by atoms with Gasteiger partial charge in [0.05, 0.1) is 9.82 Å². The topological polar surface area (TPSA) is 133 Å². The number of unbranched alkanes of at least 4 members (excludes halogenated alkanes) is 16. The van der Waals surface area contributed by atoms with Crippen molar-refractivity contribution in [2.75, 3.05) is 13.1 Å². The summed E-state index contributed by atoms with van der Waals surface area (Å²) in [5.74, 6) is -0.641. The number of carbonyl (C=O) groups excluding carboxylic acids is 2. The minimum absolute atomic E-state index is 0.0559. The Morgan fingerprint density at radius 2 is 0.891 bits per heavy atom. The third kappa shape index (κ3) is 24.7. The van der Waals surface area contributed by atoms with Crippen molar-refractivity contribution in [1.29, 1.82) is 0 Å². The monoisotopic (exact) mass is 795 g/mol. The highest BCUT2D eigenvalue weighted by atomic mass is 32.2. The zero-order valence-corrected chi connectivity index (χ0v) is 36.1. The van der Waals surface area contributed by atoms with Crippen molar-refractivity contribution in [2.45, 2.75) is 225 Å². The Morgan fingerprint density at radius 3 is 1.20 bits per heavy atom. The molecule has 0 aliphatic heterocycles. The molecule has 55 heavy (non-hydrogen) atoms. The summed E-state index contributed by atoms with van der Waals surface area (Å²) in [7, 11) is -4.06. The van der Waals surface area contributed by atoms with Gasteiger partial charge in [-0.15, -0.1) is 0 Å². The average molecular weight is 795 g/mol. The maximum absolute atomic E-state index is 13.8. The first kappa shape index (κ1) is 50.5. The summed E-state index contributed by atoms with van der Waals surface area (Å²) in [6, 6.07) is 4.82. The molecule has 0 aliphatic carbocycles. The van der Waals surface area contributed by atoms with Crippen LogP contribution in [0.25, 0.3) is 0 Å². The highest BCUT2D eigenvalue weighted by Gasteiger charge is 2.26. The lowest BCUT2D eigenvalue weighted by atomic mass is 10.0. The third-order valence-electron chi connectivity index (χ3n) is 10.4. The van der Waals surface area contributed by atoms with Crippen LogP contribution in [-0.2, 0) is 29.1 Å². The molecule has 0 heterocycles. The van der Waals surface area contributed by atoms with E-state index in [9.17, 15) is 28.1 Å². The average Bonchev–Trinajstić information content (AvgIpc) is 3.16. The SMILES string of the molecule is CCCCCCCC(CCCCCCC)OC(=O)CCCN(CCCC(=O)OC(CCCCCCC)CCCCCCC)S(=O)(=O)c1ccc([N+](=O)[O-])cc1. The van der Waals surface area contributed by atoms with Crippen molar-refractivity contribution in [3.05, 3.63) is 34.4 Å². The molecule has 10 nitrogen and oxygen atoms in total. The second-order valence-corrected chi connectivity index (χ2v) is 17.3. The van der Waals surface area contributed by atoms with Gasteiger partial charge in [0.2, 0.25) is 10.0 Å². The molecule has 0 spiro atoms. The van der Waals surface area contributed by atoms with Gasteiger partial charge in [-0.25, -0.2) is 8.42 Å². The molecule has 0 aromatic heterocycles. The fraction of sp³-hybridized carbons (Fsp3) is 0.818. The lowest BCUT2D eigenvalue weighted by Crippen LogP contribution is -2.34. The van der Waals surface area contributed by atoms with Crippen LogP contribution in [0.4, 0.5) is 5.69 Å². The molecule has 0 aliphatic rings. The van der Waals surface area contributed by atoms with Crippen molar-refractivity contribution in [1.82, 2.24) is 4.31 Å².